The zero-order valence-electron chi connectivity index (χ0n) is 21.1. The molecule has 13 heteroatoms. The first kappa shape index (κ1) is 28.4. The van der Waals surface area contributed by atoms with Crippen LogP contribution in [0.4, 0.5) is 23.7 Å². The Hall–Kier alpha value is -3.19. The van der Waals surface area contributed by atoms with Crippen LogP contribution in [0.15, 0.2) is 30.5 Å². The molecule has 1 aliphatic rings. The maximum atomic E-state index is 13.4. The number of urea groups is 1. The summed E-state index contributed by atoms with van der Waals surface area (Å²) < 4.78 is 47.9. The molecule has 1 aromatic heterocycles. The second-order valence-corrected chi connectivity index (χ2v) is 9.31. The van der Waals surface area contributed by atoms with E-state index in [1.807, 2.05) is 6.92 Å². The van der Waals surface area contributed by atoms with E-state index in [0.29, 0.717) is 18.7 Å². The summed E-state index contributed by atoms with van der Waals surface area (Å²) in [6, 6.07) is 3.61. The van der Waals surface area contributed by atoms with E-state index in [2.05, 4.69) is 15.6 Å². The summed E-state index contributed by atoms with van der Waals surface area (Å²) in [5.41, 5.74) is -0.583. The van der Waals surface area contributed by atoms with E-state index in [-0.39, 0.29) is 50.2 Å². The maximum absolute atomic E-state index is 13.4. The molecule has 2 aromatic rings. The van der Waals surface area contributed by atoms with Crippen LogP contribution >= 0.6 is 0 Å². The van der Waals surface area contributed by atoms with Crippen LogP contribution in [0.1, 0.15) is 37.9 Å². The number of nitrogens with zero attached hydrogens (tertiary/aromatic N) is 5. The van der Waals surface area contributed by atoms with Crippen LogP contribution in [-0.4, -0.2) is 80.7 Å². The van der Waals surface area contributed by atoms with Crippen LogP contribution in [0.3, 0.4) is 0 Å². The Morgan fingerprint density at radius 2 is 2.08 bits per heavy atom. The lowest BCUT2D eigenvalue weighted by Gasteiger charge is -2.35. The number of aliphatic hydroxyl groups excluding tert-OH is 1. The third kappa shape index (κ3) is 7.41. The van der Waals surface area contributed by atoms with Crippen LogP contribution in [0.2, 0.25) is 0 Å². The Morgan fingerprint density at radius 1 is 1.35 bits per heavy atom. The van der Waals surface area contributed by atoms with E-state index in [0.717, 1.165) is 6.07 Å². The molecule has 204 valence electrons. The van der Waals surface area contributed by atoms with Gasteiger partial charge < -0.3 is 25.0 Å². The number of carbonyl (C=O) groups excluding carboxylic acids is 2. The number of carbonyl (C=O) groups is 2. The Balaban J connectivity index is 1.79. The molecule has 0 saturated carbocycles. The number of benzene rings is 1. The van der Waals surface area contributed by atoms with Gasteiger partial charge in [-0.3, -0.25) is 4.79 Å². The first-order chi connectivity index (χ1) is 17.5. The standard InChI is InChI=1S/C24H33F3N6O4/c1-16-12-32(17(2)14-34)22(35)9-6-10-33-18(11-28-30-33)15-37-21(16)13-31(3)23(36)29-20-8-5-4-7-19(20)24(25,26)27/h4-5,7-8,11,16-17,21,34H,6,9-10,12-15H2,1-3H3,(H,29,36)/t16-,17+,21-/m1/s1. The predicted molar refractivity (Wildman–Crippen MR) is 128 cm³/mol. The molecule has 0 unspecified atom stereocenters. The van der Waals surface area contributed by atoms with Gasteiger partial charge in [-0.15, -0.1) is 5.10 Å². The van der Waals surface area contributed by atoms with Gasteiger partial charge in [-0.25, -0.2) is 9.48 Å². The summed E-state index contributed by atoms with van der Waals surface area (Å²) in [5.74, 6) is -0.399. The molecule has 1 aliphatic heterocycles. The highest BCUT2D eigenvalue weighted by Crippen LogP contribution is 2.34. The third-order valence-corrected chi connectivity index (χ3v) is 6.41. The number of likely N-dealkylation sites (N-methyl/N-ethyl adjacent to an activating group) is 1. The van der Waals surface area contributed by atoms with Gasteiger partial charge in [-0.05, 0) is 25.5 Å². The molecular weight excluding hydrogens is 493 g/mol. The van der Waals surface area contributed by atoms with Crippen molar-refractivity contribution in [3.05, 3.63) is 41.7 Å². The van der Waals surface area contributed by atoms with E-state index in [9.17, 15) is 27.9 Å². The van der Waals surface area contributed by atoms with Crippen molar-refractivity contribution >= 4 is 17.6 Å². The van der Waals surface area contributed by atoms with Gasteiger partial charge >= 0.3 is 12.2 Å². The Labute approximate surface area is 213 Å². The number of amides is 3. The fourth-order valence-electron chi connectivity index (χ4n) is 4.15. The zero-order valence-corrected chi connectivity index (χ0v) is 21.1. The Morgan fingerprint density at radius 3 is 2.78 bits per heavy atom. The summed E-state index contributed by atoms with van der Waals surface area (Å²) >= 11 is 0. The van der Waals surface area contributed by atoms with Crippen LogP contribution in [0.25, 0.3) is 0 Å². The van der Waals surface area contributed by atoms with E-state index >= 15 is 0 Å². The van der Waals surface area contributed by atoms with E-state index in [1.54, 1.807) is 22.7 Å². The highest BCUT2D eigenvalue weighted by atomic mass is 19.4. The Kier molecular flexibility index (Phi) is 9.49. The predicted octanol–water partition coefficient (Wildman–Crippen LogP) is 2.99. The average Bonchev–Trinajstić information content (AvgIpc) is 3.30. The lowest BCUT2D eigenvalue weighted by Crippen LogP contribution is -2.48. The molecule has 37 heavy (non-hydrogen) atoms. The van der Waals surface area contributed by atoms with E-state index in [4.69, 9.17) is 4.74 Å². The van der Waals surface area contributed by atoms with Crippen molar-refractivity contribution in [3.8, 4) is 0 Å². The van der Waals surface area contributed by atoms with Crippen LogP contribution in [0, 0.1) is 5.92 Å². The largest absolute Gasteiger partial charge is 0.418 e. The molecule has 0 aliphatic carbocycles. The number of ether oxygens (including phenoxy) is 1. The molecule has 2 heterocycles. The number of para-hydroxylation sites is 1. The van der Waals surface area contributed by atoms with Crippen molar-refractivity contribution in [2.75, 3.05) is 32.1 Å². The van der Waals surface area contributed by atoms with Crippen LogP contribution in [0.5, 0.6) is 0 Å². The van der Waals surface area contributed by atoms with Crippen molar-refractivity contribution in [2.45, 2.75) is 58.2 Å². The van der Waals surface area contributed by atoms with E-state index in [1.165, 1.54) is 30.1 Å². The van der Waals surface area contributed by atoms with E-state index < -0.39 is 29.9 Å². The number of hydrogen-bond acceptors (Lipinski definition) is 6. The highest BCUT2D eigenvalue weighted by Gasteiger charge is 2.34. The molecule has 3 rings (SSSR count). The molecule has 0 fully saturated rings. The van der Waals surface area contributed by atoms with Crippen LogP contribution < -0.4 is 5.32 Å². The molecule has 2 N–H and O–H groups in total. The smallest absolute Gasteiger partial charge is 0.394 e. The summed E-state index contributed by atoms with van der Waals surface area (Å²) in [4.78, 5) is 28.6. The van der Waals surface area contributed by atoms with Gasteiger partial charge in [-0.2, -0.15) is 13.2 Å². The number of anilines is 1. The zero-order chi connectivity index (χ0) is 27.2. The van der Waals surface area contributed by atoms with Crippen molar-refractivity contribution in [2.24, 2.45) is 5.92 Å². The molecule has 10 nitrogen and oxygen atoms in total. The third-order valence-electron chi connectivity index (χ3n) is 6.41. The highest BCUT2D eigenvalue weighted by molar-refractivity contribution is 5.90. The fourth-order valence-corrected chi connectivity index (χ4v) is 4.15. The summed E-state index contributed by atoms with van der Waals surface area (Å²) in [6.45, 7) is 4.33. The molecule has 0 saturated heterocycles. The van der Waals surface area contributed by atoms with Gasteiger partial charge in [0.2, 0.25) is 5.91 Å². The van der Waals surface area contributed by atoms with Gasteiger partial charge in [0.25, 0.3) is 0 Å². The number of alkyl halides is 3. The SMILES string of the molecule is C[C@@H]1CN([C@@H](C)CO)C(=O)CCCn2nncc2CO[C@@H]1CN(C)C(=O)Nc1ccccc1C(F)(F)F. The van der Waals surface area contributed by atoms with Gasteiger partial charge in [0.1, 0.15) is 0 Å². The first-order valence-electron chi connectivity index (χ1n) is 12.1. The molecule has 0 radical (unpaired) electrons. The minimum absolute atomic E-state index is 0.0400. The number of nitrogens with one attached hydrogen (secondary N) is 1. The Bertz CT molecular complexity index is 1060. The second kappa shape index (κ2) is 12.4. The van der Waals surface area contributed by atoms with Crippen molar-refractivity contribution < 1.29 is 32.6 Å². The molecule has 3 amide bonds. The van der Waals surface area contributed by atoms with Gasteiger partial charge in [0, 0.05) is 39.0 Å². The number of fused-ring (bicyclic) bond motifs is 1. The lowest BCUT2D eigenvalue weighted by molar-refractivity contribution is -0.137. The van der Waals surface area contributed by atoms with Crippen molar-refractivity contribution in [3.63, 3.8) is 0 Å². The summed E-state index contributed by atoms with van der Waals surface area (Å²) in [6.07, 6.45) is -2.82. The molecular formula is C24H33F3N6O4. The minimum atomic E-state index is -4.62. The molecule has 3 atom stereocenters. The first-order valence-corrected chi connectivity index (χ1v) is 12.1. The number of halogens is 3. The van der Waals surface area contributed by atoms with Gasteiger partial charge in [0.05, 0.1) is 48.5 Å². The van der Waals surface area contributed by atoms with Crippen molar-refractivity contribution in [1.29, 1.82) is 0 Å². The number of aryl methyl sites for hydroxylation is 1. The van der Waals surface area contributed by atoms with Crippen LogP contribution in [-0.2, 0) is 28.9 Å². The second-order valence-electron chi connectivity index (χ2n) is 9.31. The number of hydrogen-bond donors (Lipinski definition) is 2. The van der Waals surface area contributed by atoms with Gasteiger partial charge in [0.15, 0.2) is 0 Å². The number of rotatable bonds is 5. The number of aromatic nitrogens is 3. The number of aliphatic hydroxyl groups is 1. The summed E-state index contributed by atoms with van der Waals surface area (Å²) in [7, 11) is 1.46. The van der Waals surface area contributed by atoms with Crippen molar-refractivity contribution in [1.82, 2.24) is 24.8 Å². The molecule has 0 spiro atoms. The lowest BCUT2D eigenvalue weighted by atomic mass is 10.0. The fraction of sp³-hybridized carbons (Fsp3) is 0.583. The quantitative estimate of drug-likeness (QED) is 0.620. The minimum Gasteiger partial charge on any atom is -0.394 e. The molecule has 0 bridgehead atoms. The monoisotopic (exact) mass is 526 g/mol. The maximum Gasteiger partial charge on any atom is 0.418 e. The molecule has 1 aromatic carbocycles. The average molecular weight is 527 g/mol. The van der Waals surface area contributed by atoms with Gasteiger partial charge in [-0.1, -0.05) is 24.3 Å². The normalized spacial score (nSPS) is 20.4. The summed E-state index contributed by atoms with van der Waals surface area (Å²) in [5, 5.41) is 20.0. The topological polar surface area (TPSA) is 113 Å².